The molecule has 0 bridgehead atoms. The molecule has 124 valence electrons. The van der Waals surface area contributed by atoms with Gasteiger partial charge in [0.2, 0.25) is 0 Å². The summed E-state index contributed by atoms with van der Waals surface area (Å²) in [5, 5.41) is 0.310. The number of allylic oxidation sites excluding steroid dienone is 4. The summed E-state index contributed by atoms with van der Waals surface area (Å²) < 4.78 is 4.90. The minimum absolute atomic E-state index is 0.0523. The molecule has 0 radical (unpaired) electrons. The molecule has 0 amide bonds. The van der Waals surface area contributed by atoms with Gasteiger partial charge in [0.15, 0.2) is 0 Å². The smallest absolute Gasteiger partial charge is 0.150 e. The Morgan fingerprint density at radius 2 is 1.83 bits per heavy atom. The van der Waals surface area contributed by atoms with Gasteiger partial charge in [-0.2, -0.15) is 4.40 Å². The zero-order valence-corrected chi connectivity index (χ0v) is 15.9. The third-order valence-electron chi connectivity index (χ3n) is 6.31. The van der Waals surface area contributed by atoms with Gasteiger partial charge in [-0.3, -0.25) is 0 Å². The van der Waals surface area contributed by atoms with Crippen LogP contribution in [0.5, 0.6) is 0 Å². The average Bonchev–Trinajstić information content (AvgIpc) is 3.00. The van der Waals surface area contributed by atoms with E-state index in [2.05, 4.69) is 76.4 Å². The summed E-state index contributed by atoms with van der Waals surface area (Å²) in [6.45, 7) is 15.8. The summed E-state index contributed by atoms with van der Waals surface area (Å²) in [5.41, 5.74) is 6.52. The lowest BCUT2D eigenvalue weighted by Crippen LogP contribution is -2.57. The fraction of sp³-hybridized carbons (Fsp3) is 0.381. The zero-order chi connectivity index (χ0) is 17.3. The number of piperidine rings is 1. The maximum atomic E-state index is 4.90. The lowest BCUT2D eigenvalue weighted by atomic mass is 9.59. The number of nitrogens with zero attached hydrogens (tertiary/aromatic N) is 2. The molecule has 24 heavy (non-hydrogen) atoms. The van der Waals surface area contributed by atoms with Gasteiger partial charge in [-0.25, -0.2) is 0 Å². The number of amidine groups is 1. The highest BCUT2D eigenvalue weighted by Crippen LogP contribution is 2.62. The number of rotatable bonds is 1. The van der Waals surface area contributed by atoms with E-state index in [0.29, 0.717) is 5.37 Å². The van der Waals surface area contributed by atoms with Crippen molar-refractivity contribution in [1.29, 1.82) is 0 Å². The van der Waals surface area contributed by atoms with Gasteiger partial charge in [0.05, 0.1) is 5.70 Å². The van der Waals surface area contributed by atoms with Crippen molar-refractivity contribution in [2.45, 2.75) is 40.0 Å². The molecular formula is C21H24N2S. The van der Waals surface area contributed by atoms with E-state index in [0.717, 1.165) is 5.84 Å². The molecule has 0 saturated carbocycles. The first-order valence-electron chi connectivity index (χ1n) is 8.53. The molecule has 3 aliphatic heterocycles. The Kier molecular flexibility index (Phi) is 3.21. The van der Waals surface area contributed by atoms with Crippen molar-refractivity contribution in [3.05, 3.63) is 65.4 Å². The molecule has 3 heteroatoms. The molecule has 3 aliphatic rings. The van der Waals surface area contributed by atoms with E-state index in [4.69, 9.17) is 4.40 Å². The molecule has 3 heterocycles. The van der Waals surface area contributed by atoms with E-state index >= 15 is 0 Å². The van der Waals surface area contributed by atoms with Crippen LogP contribution in [-0.2, 0) is 0 Å². The van der Waals surface area contributed by atoms with Crippen LogP contribution in [0.3, 0.4) is 0 Å². The monoisotopic (exact) mass is 336 g/mol. The summed E-state index contributed by atoms with van der Waals surface area (Å²) in [6.07, 6.45) is 4.30. The Hall–Kier alpha value is -1.74. The Morgan fingerprint density at radius 1 is 1.17 bits per heavy atom. The fourth-order valence-electron chi connectivity index (χ4n) is 4.26. The van der Waals surface area contributed by atoms with Crippen molar-refractivity contribution in [2.75, 3.05) is 0 Å². The fourth-order valence-corrected chi connectivity index (χ4v) is 5.50. The van der Waals surface area contributed by atoms with Crippen LogP contribution in [0.15, 0.2) is 58.7 Å². The van der Waals surface area contributed by atoms with Crippen molar-refractivity contribution < 1.29 is 0 Å². The Bertz CT molecular complexity index is 839. The van der Waals surface area contributed by atoms with Gasteiger partial charge < -0.3 is 4.90 Å². The number of hydrogen-bond donors (Lipinski definition) is 0. The second-order valence-corrected chi connectivity index (χ2v) is 8.64. The number of benzene rings is 1. The maximum absolute atomic E-state index is 4.90. The van der Waals surface area contributed by atoms with E-state index in [1.807, 2.05) is 6.08 Å². The van der Waals surface area contributed by atoms with Crippen molar-refractivity contribution >= 4 is 23.4 Å². The topological polar surface area (TPSA) is 15.6 Å². The Labute approximate surface area is 149 Å². The zero-order valence-electron chi connectivity index (χ0n) is 15.1. The predicted octanol–water partition coefficient (Wildman–Crippen LogP) is 5.65. The highest BCUT2D eigenvalue weighted by Gasteiger charge is 2.58. The minimum atomic E-state index is 0.0523. The third kappa shape index (κ3) is 1.66. The maximum Gasteiger partial charge on any atom is 0.150 e. The van der Waals surface area contributed by atoms with Crippen LogP contribution in [-0.4, -0.2) is 16.1 Å². The molecule has 1 fully saturated rings. The van der Waals surface area contributed by atoms with Gasteiger partial charge in [0, 0.05) is 28.5 Å². The van der Waals surface area contributed by atoms with Gasteiger partial charge in [-0.1, -0.05) is 70.7 Å². The molecule has 0 N–H and O–H groups in total. The molecule has 2 nitrogen and oxygen atoms in total. The third-order valence-corrected chi connectivity index (χ3v) is 7.58. The van der Waals surface area contributed by atoms with Gasteiger partial charge in [0.25, 0.3) is 0 Å². The highest BCUT2D eigenvalue weighted by atomic mass is 32.2. The van der Waals surface area contributed by atoms with Gasteiger partial charge >= 0.3 is 0 Å². The summed E-state index contributed by atoms with van der Waals surface area (Å²) in [6, 6.07) is 8.57. The largest absolute Gasteiger partial charge is 0.309 e. The van der Waals surface area contributed by atoms with Crippen LogP contribution < -0.4 is 0 Å². The van der Waals surface area contributed by atoms with Crippen molar-refractivity contribution in [1.82, 2.24) is 4.90 Å². The van der Waals surface area contributed by atoms with Crippen molar-refractivity contribution in [2.24, 2.45) is 15.2 Å². The van der Waals surface area contributed by atoms with Crippen LogP contribution >= 0.6 is 11.9 Å². The van der Waals surface area contributed by atoms with Crippen LogP contribution in [0.2, 0.25) is 0 Å². The normalized spacial score (nSPS) is 27.7. The van der Waals surface area contributed by atoms with Gasteiger partial charge in [-0.15, -0.1) is 0 Å². The lowest BCUT2D eigenvalue weighted by molar-refractivity contribution is 0.0806. The van der Waals surface area contributed by atoms with Crippen LogP contribution in [0.25, 0.3) is 5.57 Å². The molecule has 1 atom stereocenters. The van der Waals surface area contributed by atoms with Crippen LogP contribution in [0.1, 0.15) is 45.7 Å². The first-order valence-corrected chi connectivity index (χ1v) is 9.36. The first kappa shape index (κ1) is 15.8. The molecule has 0 spiro atoms. The van der Waals surface area contributed by atoms with E-state index < -0.39 is 0 Å². The number of fused-ring (bicyclic) bond motifs is 2. The summed E-state index contributed by atoms with van der Waals surface area (Å²) in [5.74, 6) is 1.10. The molecular weight excluding hydrogens is 312 g/mol. The molecule has 4 rings (SSSR count). The summed E-state index contributed by atoms with van der Waals surface area (Å²) >= 11 is 1.72. The standard InChI is InChI=1S/C21H24N2S/c1-7-13-14-11-9-10-12-15(14)18-22-24-19-21(5,6)20(3,4)16(8-2)17(13)23(18)19/h7-12,19H,1H2,2-6H3/b16-8+. The molecule has 1 aromatic carbocycles. The SMILES string of the molecule is C=CC1=C2/C(=C\C)C(C)(C)C(C)(C)C3SN=C(c4ccccc41)N23. The summed E-state index contributed by atoms with van der Waals surface area (Å²) in [7, 11) is 0. The van der Waals surface area contributed by atoms with Crippen molar-refractivity contribution in [3.63, 3.8) is 0 Å². The summed E-state index contributed by atoms with van der Waals surface area (Å²) in [4.78, 5) is 2.46. The van der Waals surface area contributed by atoms with Crippen LogP contribution in [0.4, 0.5) is 0 Å². The molecule has 1 unspecified atom stereocenters. The highest BCUT2D eigenvalue weighted by molar-refractivity contribution is 7.99. The van der Waals surface area contributed by atoms with Gasteiger partial charge in [0.1, 0.15) is 11.2 Å². The molecule has 0 aliphatic carbocycles. The predicted molar refractivity (Wildman–Crippen MR) is 105 cm³/mol. The van der Waals surface area contributed by atoms with E-state index in [1.54, 1.807) is 11.9 Å². The lowest BCUT2D eigenvalue weighted by Gasteiger charge is -2.57. The van der Waals surface area contributed by atoms with Crippen molar-refractivity contribution in [3.8, 4) is 0 Å². The quantitative estimate of drug-likeness (QED) is 0.616. The van der Waals surface area contributed by atoms with E-state index in [-0.39, 0.29) is 10.8 Å². The minimum Gasteiger partial charge on any atom is -0.309 e. The average molecular weight is 337 g/mol. The Morgan fingerprint density at radius 3 is 2.46 bits per heavy atom. The second kappa shape index (κ2) is 4.89. The first-order chi connectivity index (χ1) is 11.4. The van der Waals surface area contributed by atoms with Gasteiger partial charge in [-0.05, 0) is 23.5 Å². The second-order valence-electron chi connectivity index (χ2n) is 7.80. The molecule has 1 saturated heterocycles. The molecule has 0 aromatic heterocycles. The van der Waals surface area contributed by atoms with E-state index in [9.17, 15) is 0 Å². The van der Waals surface area contributed by atoms with E-state index in [1.165, 1.54) is 28.0 Å². The van der Waals surface area contributed by atoms with Crippen LogP contribution in [0, 0.1) is 10.8 Å². The molecule has 1 aromatic rings. The Balaban J connectivity index is 2.11. The number of hydrogen-bond acceptors (Lipinski definition) is 3.